The Bertz CT molecular complexity index is 2700. The van der Waals surface area contributed by atoms with Crippen molar-refractivity contribution in [2.45, 2.75) is 63.1 Å². The quantitative estimate of drug-likeness (QED) is 0.0647. The predicted molar refractivity (Wildman–Crippen MR) is 246 cm³/mol. The number of aromatic hydroxyl groups is 1. The van der Waals surface area contributed by atoms with Crippen molar-refractivity contribution in [1.82, 2.24) is 10.6 Å². The maximum atomic E-state index is 14.4. The second kappa shape index (κ2) is 20.6. The van der Waals surface area contributed by atoms with Gasteiger partial charge < -0.3 is 39.8 Å². The molecule has 4 N–H and O–H groups in total. The first-order valence-electron chi connectivity index (χ1n) is 21.6. The average Bonchev–Trinajstić information content (AvgIpc) is 3.81. The molecule has 0 unspecified atom stereocenters. The number of aliphatic carboxylic acids is 1. The summed E-state index contributed by atoms with van der Waals surface area (Å²) in [4.78, 5) is 49.0. The summed E-state index contributed by atoms with van der Waals surface area (Å²) in [5, 5.41) is 23.8. The van der Waals surface area contributed by atoms with Gasteiger partial charge in [-0.3, -0.25) is 0 Å². The number of carboxylic acids is 1. The Morgan fingerprint density at radius 3 is 1.40 bits per heavy atom. The Labute approximate surface area is 386 Å². The molecule has 346 valence electrons. The second-order valence-electron chi connectivity index (χ2n) is 17.1. The van der Waals surface area contributed by atoms with Crippen LogP contribution in [0.5, 0.6) is 11.5 Å². The van der Waals surface area contributed by atoms with Crippen molar-refractivity contribution < 1.29 is 57.1 Å². The van der Waals surface area contributed by atoms with E-state index < -0.39 is 59.2 Å². The van der Waals surface area contributed by atoms with Gasteiger partial charge in [0.15, 0.2) is 23.1 Å². The van der Waals surface area contributed by atoms with E-state index in [1.54, 1.807) is 26.8 Å². The van der Waals surface area contributed by atoms with E-state index in [2.05, 4.69) is 10.6 Å². The molecule has 0 saturated carbocycles. The van der Waals surface area contributed by atoms with Crippen LogP contribution in [-0.4, -0.2) is 72.3 Å². The van der Waals surface area contributed by atoms with E-state index in [1.165, 1.54) is 31.4 Å². The van der Waals surface area contributed by atoms with Crippen LogP contribution in [0.4, 0.5) is 18.4 Å². The van der Waals surface area contributed by atoms with E-state index in [9.17, 15) is 38.2 Å². The van der Waals surface area contributed by atoms with Crippen LogP contribution in [-0.2, 0) is 36.6 Å². The second-order valence-corrected chi connectivity index (χ2v) is 17.1. The van der Waals surface area contributed by atoms with Crippen molar-refractivity contribution in [1.29, 1.82) is 0 Å². The number of nitrogens with one attached hydrogen (secondary N) is 2. The molecule has 2 aliphatic carbocycles. The molecule has 0 heterocycles. The Morgan fingerprint density at radius 1 is 0.597 bits per heavy atom. The highest BCUT2D eigenvalue weighted by Gasteiger charge is 2.32. The number of carboxylic acid groups (broad SMARTS) is 1. The maximum absolute atomic E-state index is 14.4. The standard InChI is InChI=1S/C28H28FNO5.C25H22FNO5/c1-28(2,3)35-25-13-12-17(14-23(25)29)15-24(26(31)32)30-27(33)34-16-22-20-10-6-4-8-18(20)19-9-5-7-11-21(19)22;1-31-24(29)22(13-15-10-11-23(28)21(26)12-15)27-25(30)32-14-20-18-8-4-2-6-16(18)17-7-3-5-9-19(17)20/h4-14,22,24H,15-16H2,1-3H3,(H,30,33)(H,31,32);2-12,20,22,28H,13-14H2,1H3,(H,27,30)/t24-;22-/m00/s1. The Balaban J connectivity index is 0.000000200. The fraction of sp³-hybridized carbons (Fsp3) is 0.245. The van der Waals surface area contributed by atoms with E-state index in [0.717, 1.165) is 50.6 Å². The average molecular weight is 913 g/mol. The van der Waals surface area contributed by atoms with E-state index in [-0.39, 0.29) is 43.6 Å². The summed E-state index contributed by atoms with van der Waals surface area (Å²) in [6.07, 6.45) is -1.74. The Hall–Kier alpha value is -7.74. The predicted octanol–water partition coefficient (Wildman–Crippen LogP) is 9.69. The fourth-order valence-corrected chi connectivity index (χ4v) is 8.33. The zero-order valence-corrected chi connectivity index (χ0v) is 37.3. The lowest BCUT2D eigenvalue weighted by Gasteiger charge is -2.22. The highest BCUT2D eigenvalue weighted by atomic mass is 19.1. The van der Waals surface area contributed by atoms with E-state index >= 15 is 0 Å². The number of phenols is 1. The summed E-state index contributed by atoms with van der Waals surface area (Å²) in [7, 11) is 1.20. The van der Waals surface area contributed by atoms with Crippen molar-refractivity contribution in [2.24, 2.45) is 0 Å². The number of methoxy groups -OCH3 is 1. The molecule has 12 nitrogen and oxygen atoms in total. The Kier molecular flexibility index (Phi) is 14.5. The summed E-state index contributed by atoms with van der Waals surface area (Å²) in [5.74, 6) is -4.00. The molecule has 6 aromatic carbocycles. The first-order valence-corrected chi connectivity index (χ1v) is 21.6. The number of esters is 1. The first kappa shape index (κ1) is 47.2. The van der Waals surface area contributed by atoms with Gasteiger partial charge in [-0.05, 0) is 101 Å². The third kappa shape index (κ3) is 11.4. The number of hydrogen-bond acceptors (Lipinski definition) is 9. The summed E-state index contributed by atoms with van der Waals surface area (Å²) in [6, 6.07) is 37.5. The van der Waals surface area contributed by atoms with Crippen LogP contribution >= 0.6 is 0 Å². The molecule has 0 fully saturated rings. The maximum Gasteiger partial charge on any atom is 0.407 e. The zero-order valence-electron chi connectivity index (χ0n) is 37.3. The van der Waals surface area contributed by atoms with Crippen LogP contribution in [0.15, 0.2) is 133 Å². The molecule has 67 heavy (non-hydrogen) atoms. The van der Waals surface area contributed by atoms with Crippen LogP contribution in [0.3, 0.4) is 0 Å². The minimum atomic E-state index is -1.28. The number of ether oxygens (including phenoxy) is 4. The molecule has 0 aliphatic heterocycles. The summed E-state index contributed by atoms with van der Waals surface area (Å²) in [6.45, 7) is 5.58. The largest absolute Gasteiger partial charge is 0.505 e. The molecule has 0 bridgehead atoms. The van der Waals surface area contributed by atoms with Crippen LogP contribution in [0.25, 0.3) is 22.3 Å². The molecule has 8 rings (SSSR count). The number of alkyl carbamates (subject to hydrolysis) is 2. The normalized spacial score (nSPS) is 13.3. The number of benzene rings is 6. The highest BCUT2D eigenvalue weighted by Crippen LogP contribution is 2.45. The molecular formula is C53H50F2N2O10. The molecular weight excluding hydrogens is 863 g/mol. The van der Waals surface area contributed by atoms with Gasteiger partial charge in [0.25, 0.3) is 0 Å². The number of halogens is 2. The molecule has 14 heteroatoms. The van der Waals surface area contributed by atoms with Gasteiger partial charge in [0.05, 0.1) is 7.11 Å². The number of carbonyl (C=O) groups excluding carboxylic acids is 3. The van der Waals surface area contributed by atoms with Crippen LogP contribution < -0.4 is 15.4 Å². The van der Waals surface area contributed by atoms with Crippen molar-refractivity contribution in [2.75, 3.05) is 20.3 Å². The minimum absolute atomic E-state index is 0.0198. The van der Waals surface area contributed by atoms with Gasteiger partial charge in [0.2, 0.25) is 0 Å². The van der Waals surface area contributed by atoms with Crippen molar-refractivity contribution in [3.8, 4) is 33.8 Å². The lowest BCUT2D eigenvalue weighted by molar-refractivity contribution is -0.143. The SMILES string of the molecule is CC(C)(C)Oc1ccc(C[C@H](NC(=O)OCC2c3ccccc3-c3ccccc32)C(=O)O)cc1F.COC(=O)[C@H](Cc1ccc(O)c(F)c1)NC(=O)OCC1c2ccccc2-c2ccccc21. The molecule has 2 aliphatic rings. The first-order chi connectivity index (χ1) is 32.1. The van der Waals surface area contributed by atoms with Crippen LogP contribution in [0, 0.1) is 11.6 Å². The highest BCUT2D eigenvalue weighted by molar-refractivity contribution is 5.83. The summed E-state index contributed by atoms with van der Waals surface area (Å²) in [5.41, 5.74) is 8.94. The van der Waals surface area contributed by atoms with E-state index in [0.29, 0.717) is 11.1 Å². The molecule has 0 aromatic heterocycles. The molecule has 0 radical (unpaired) electrons. The molecule has 0 spiro atoms. The van der Waals surface area contributed by atoms with E-state index in [4.69, 9.17) is 18.9 Å². The lowest BCUT2D eigenvalue weighted by atomic mass is 9.98. The number of carbonyl (C=O) groups is 4. The Morgan fingerprint density at radius 2 is 1.00 bits per heavy atom. The van der Waals surface area contributed by atoms with Gasteiger partial charge in [-0.15, -0.1) is 0 Å². The summed E-state index contributed by atoms with van der Waals surface area (Å²) < 4.78 is 49.3. The van der Waals surface area contributed by atoms with Gasteiger partial charge in [0, 0.05) is 24.7 Å². The van der Waals surface area contributed by atoms with Gasteiger partial charge in [0.1, 0.15) is 30.9 Å². The van der Waals surface area contributed by atoms with Gasteiger partial charge in [-0.1, -0.05) is 109 Å². The smallest absolute Gasteiger partial charge is 0.407 e. The van der Waals surface area contributed by atoms with E-state index in [1.807, 2.05) is 97.1 Å². The zero-order chi connectivity index (χ0) is 47.8. The minimum Gasteiger partial charge on any atom is -0.505 e. The molecule has 2 amide bonds. The monoisotopic (exact) mass is 912 g/mol. The van der Waals surface area contributed by atoms with Gasteiger partial charge >= 0.3 is 24.1 Å². The molecule has 2 atom stereocenters. The third-order valence-electron chi connectivity index (χ3n) is 11.4. The summed E-state index contributed by atoms with van der Waals surface area (Å²) >= 11 is 0. The number of hydrogen-bond donors (Lipinski definition) is 4. The molecule has 0 saturated heterocycles. The number of fused-ring (bicyclic) bond motifs is 6. The third-order valence-corrected chi connectivity index (χ3v) is 11.4. The van der Waals surface area contributed by atoms with Crippen molar-refractivity contribution >= 4 is 24.1 Å². The number of rotatable bonds is 13. The number of amides is 2. The van der Waals surface area contributed by atoms with Crippen LogP contribution in [0.1, 0.15) is 66.0 Å². The van der Waals surface area contributed by atoms with Crippen LogP contribution in [0.2, 0.25) is 0 Å². The number of phenolic OH excluding ortho intramolecular Hbond substituents is 1. The molecule has 6 aromatic rings. The van der Waals surface area contributed by atoms with Gasteiger partial charge in [-0.25, -0.2) is 28.0 Å². The van der Waals surface area contributed by atoms with Crippen molar-refractivity contribution in [3.63, 3.8) is 0 Å². The lowest BCUT2D eigenvalue weighted by Crippen LogP contribution is -2.43. The van der Waals surface area contributed by atoms with Crippen molar-refractivity contribution in [3.05, 3.63) is 178 Å². The topological polar surface area (TPSA) is 170 Å². The van der Waals surface area contributed by atoms with Gasteiger partial charge in [-0.2, -0.15) is 0 Å². The fourth-order valence-electron chi connectivity index (χ4n) is 8.33.